The molecule has 5 atom stereocenters. The average molecular weight is 478 g/mol. The highest BCUT2D eigenvalue weighted by Gasteiger charge is 2.55. The molecule has 2 aliphatic carbocycles. The van der Waals surface area contributed by atoms with Crippen LogP contribution in [0.4, 0.5) is 21.6 Å². The smallest absolute Gasteiger partial charge is 0.271 e. The molecule has 1 aromatic heterocycles. The van der Waals surface area contributed by atoms with Crippen molar-refractivity contribution >= 4 is 40.6 Å². The van der Waals surface area contributed by atoms with Crippen LogP contribution in [0.1, 0.15) is 12.8 Å². The second-order valence-corrected chi connectivity index (χ2v) is 8.51. The topological polar surface area (TPSA) is 165 Å². The fraction of sp³-hybridized carbons (Fsp3) is 0.400. The van der Waals surface area contributed by atoms with Gasteiger partial charge in [0, 0.05) is 29.9 Å². The van der Waals surface area contributed by atoms with Crippen molar-refractivity contribution in [2.75, 3.05) is 17.2 Å². The van der Waals surface area contributed by atoms with Gasteiger partial charge in [0.25, 0.3) is 5.69 Å². The average Bonchev–Trinajstić information content (AvgIpc) is 3.33. The maximum absolute atomic E-state index is 14.2. The molecule has 4 rings (SSSR count). The third-order valence-corrected chi connectivity index (χ3v) is 6.40. The van der Waals surface area contributed by atoms with Gasteiger partial charge in [0.1, 0.15) is 0 Å². The molecule has 0 aliphatic heterocycles. The van der Waals surface area contributed by atoms with Crippen molar-refractivity contribution < 1.29 is 18.9 Å². The summed E-state index contributed by atoms with van der Waals surface area (Å²) >= 11 is 5.77. The minimum absolute atomic E-state index is 0.0253. The first-order chi connectivity index (χ1) is 15.7. The van der Waals surface area contributed by atoms with Crippen LogP contribution < -0.4 is 21.7 Å². The quantitative estimate of drug-likeness (QED) is 0.253. The van der Waals surface area contributed by atoms with Crippen molar-refractivity contribution in [3.05, 3.63) is 51.7 Å². The first kappa shape index (κ1) is 22.8. The Bertz CT molecular complexity index is 1100. The largest absolute Gasteiger partial charge is 0.369 e. The van der Waals surface area contributed by atoms with Gasteiger partial charge in [-0.1, -0.05) is 6.07 Å². The van der Waals surface area contributed by atoms with E-state index >= 15 is 0 Å². The highest BCUT2D eigenvalue weighted by atomic mass is 35.5. The Labute approximate surface area is 192 Å². The van der Waals surface area contributed by atoms with Gasteiger partial charge in [-0.25, -0.2) is 9.37 Å². The Hall–Kier alpha value is -3.38. The predicted molar refractivity (Wildman–Crippen MR) is 117 cm³/mol. The number of rotatable bonds is 8. The minimum Gasteiger partial charge on any atom is -0.369 e. The molecule has 2 amide bonds. The summed E-state index contributed by atoms with van der Waals surface area (Å²) in [5.74, 6) is -2.31. The van der Waals surface area contributed by atoms with Crippen LogP contribution in [0.15, 0.2) is 30.5 Å². The second kappa shape index (κ2) is 9.24. The molecule has 0 saturated heterocycles. The maximum atomic E-state index is 14.2. The van der Waals surface area contributed by atoms with Gasteiger partial charge >= 0.3 is 0 Å². The zero-order valence-electron chi connectivity index (χ0n) is 17.2. The number of anilines is 2. The first-order valence-electron chi connectivity index (χ1n) is 10.2. The van der Waals surface area contributed by atoms with E-state index in [0.29, 0.717) is 18.5 Å². The number of hydrogen-bond acceptors (Lipinski definition) is 8. The van der Waals surface area contributed by atoms with E-state index in [2.05, 4.69) is 25.9 Å². The van der Waals surface area contributed by atoms with E-state index in [9.17, 15) is 24.1 Å². The number of fused-ring (bicyclic) bond motifs is 2. The number of carbonyl (C=O) groups is 2. The van der Waals surface area contributed by atoms with Crippen LogP contribution in [-0.4, -0.2) is 45.3 Å². The lowest BCUT2D eigenvalue weighted by molar-refractivity contribution is -0.384. The Morgan fingerprint density at radius 1 is 1.33 bits per heavy atom. The Kier molecular flexibility index (Phi) is 6.38. The number of amides is 2. The van der Waals surface area contributed by atoms with E-state index < -0.39 is 28.6 Å². The molecule has 174 valence electrons. The van der Waals surface area contributed by atoms with Crippen LogP contribution in [0.5, 0.6) is 0 Å². The molecule has 2 fully saturated rings. The van der Waals surface area contributed by atoms with Gasteiger partial charge in [0.2, 0.25) is 17.1 Å². The number of nitro benzene ring substituents is 1. The summed E-state index contributed by atoms with van der Waals surface area (Å²) in [5.41, 5.74) is 5.81. The number of nitrogens with one attached hydrogen (secondary N) is 3. The molecule has 2 aliphatic rings. The number of nitrogens with zero attached hydrogens (tertiary/aromatic N) is 3. The first-order valence-corrected chi connectivity index (χ1v) is 10.6. The van der Waals surface area contributed by atoms with Crippen molar-refractivity contribution in [3.63, 3.8) is 0 Å². The molecule has 2 bridgehead atoms. The second-order valence-electron chi connectivity index (χ2n) is 8.17. The fourth-order valence-corrected chi connectivity index (χ4v) is 5.07. The van der Waals surface area contributed by atoms with E-state index in [1.165, 1.54) is 18.2 Å². The van der Waals surface area contributed by atoms with Gasteiger partial charge < -0.3 is 21.7 Å². The van der Waals surface area contributed by atoms with E-state index in [1.807, 2.05) is 0 Å². The molecule has 1 heterocycles. The zero-order valence-corrected chi connectivity index (χ0v) is 18.0. The minimum atomic E-state index is -0.703. The number of nitrogens with two attached hydrogens (primary N) is 1. The normalized spacial score (nSPS) is 25.6. The number of hydrogen-bond donors (Lipinski definition) is 4. The van der Waals surface area contributed by atoms with Gasteiger partial charge in [-0.2, -0.15) is 4.98 Å². The summed E-state index contributed by atoms with van der Waals surface area (Å²) in [7, 11) is 0. The van der Waals surface area contributed by atoms with Crippen LogP contribution in [0.2, 0.25) is 5.28 Å². The van der Waals surface area contributed by atoms with Crippen molar-refractivity contribution in [2.24, 2.45) is 23.5 Å². The number of nitro groups is 1. The summed E-state index contributed by atoms with van der Waals surface area (Å²) in [5, 5.41) is 19.5. The van der Waals surface area contributed by atoms with Crippen LogP contribution in [0.25, 0.3) is 0 Å². The maximum Gasteiger partial charge on any atom is 0.271 e. The molecule has 0 unspecified atom stereocenters. The molecule has 5 N–H and O–H groups in total. The summed E-state index contributed by atoms with van der Waals surface area (Å²) in [6.45, 7) is -0.0434. The third-order valence-electron chi connectivity index (χ3n) is 6.22. The van der Waals surface area contributed by atoms with Crippen LogP contribution in [-0.2, 0) is 9.59 Å². The number of carbonyl (C=O) groups excluding carboxylic acids is 2. The Balaban J connectivity index is 1.41. The van der Waals surface area contributed by atoms with E-state index in [4.69, 9.17) is 17.3 Å². The highest BCUT2D eigenvalue weighted by molar-refractivity contribution is 6.28. The molecular weight excluding hydrogens is 457 g/mol. The van der Waals surface area contributed by atoms with E-state index in [0.717, 1.165) is 6.20 Å². The lowest BCUT2D eigenvalue weighted by Gasteiger charge is -2.35. The van der Waals surface area contributed by atoms with Crippen molar-refractivity contribution in [3.8, 4) is 0 Å². The van der Waals surface area contributed by atoms with Gasteiger partial charge in [0.15, 0.2) is 11.6 Å². The summed E-state index contributed by atoms with van der Waals surface area (Å²) < 4.78 is 14.2. The van der Waals surface area contributed by atoms with Gasteiger partial charge in [-0.15, -0.1) is 0 Å². The predicted octanol–water partition coefficient (Wildman–Crippen LogP) is 1.70. The summed E-state index contributed by atoms with van der Waals surface area (Å²) in [6, 6.07) is 5.03. The van der Waals surface area contributed by atoms with Crippen LogP contribution >= 0.6 is 11.6 Å². The van der Waals surface area contributed by atoms with Crippen molar-refractivity contribution in [1.82, 2.24) is 15.3 Å². The molecule has 0 spiro atoms. The molecule has 2 saturated carbocycles. The number of benzene rings is 1. The highest BCUT2D eigenvalue weighted by Crippen LogP contribution is 2.49. The molecule has 2 aromatic rings. The standard InChI is InChI=1S/C20H21ClFN7O4/c21-20-25-7-13(22)19(28-20)27-17-12-4-9(16(17)18(23)31)5-14(12)24-8-15(30)26-10-2-1-3-11(6-10)29(32)33/h1-3,6-7,9,12,14,16-17,24H,4-5,8H2,(H2,23,31)(H,26,30)(H,25,27,28)/t9-,12+,14+,16-,17+/m0/s1. The van der Waals surface area contributed by atoms with E-state index in [-0.39, 0.29) is 47.1 Å². The van der Waals surface area contributed by atoms with Crippen molar-refractivity contribution in [1.29, 1.82) is 0 Å². The van der Waals surface area contributed by atoms with Gasteiger partial charge in [0.05, 0.1) is 23.6 Å². The molecular formula is C20H21ClFN7O4. The number of non-ortho nitro benzene ring substituents is 1. The fourth-order valence-electron chi connectivity index (χ4n) is 4.93. The molecule has 1 aromatic carbocycles. The number of halogens is 2. The summed E-state index contributed by atoms with van der Waals surface area (Å²) in [6.07, 6.45) is 2.25. The number of primary amides is 1. The molecule has 33 heavy (non-hydrogen) atoms. The summed E-state index contributed by atoms with van der Waals surface area (Å²) in [4.78, 5) is 42.3. The molecule has 0 radical (unpaired) electrons. The van der Waals surface area contributed by atoms with Crippen LogP contribution in [0, 0.1) is 33.7 Å². The molecule has 11 nitrogen and oxygen atoms in total. The Morgan fingerprint density at radius 3 is 2.85 bits per heavy atom. The third kappa shape index (κ3) is 4.86. The SMILES string of the molecule is NC(=O)[C@H]1[C@H]2C[C@@H]([C@H]1Nc1nc(Cl)ncc1F)[C@H](NCC(=O)Nc1cccc([N+](=O)[O-])c1)C2. The zero-order chi connectivity index (χ0) is 23.7. The Morgan fingerprint density at radius 2 is 2.12 bits per heavy atom. The molecule has 13 heteroatoms. The monoisotopic (exact) mass is 477 g/mol. The van der Waals surface area contributed by atoms with Crippen molar-refractivity contribution in [2.45, 2.75) is 24.9 Å². The lowest BCUT2D eigenvalue weighted by Crippen LogP contribution is -2.51. The van der Waals surface area contributed by atoms with Gasteiger partial charge in [-0.3, -0.25) is 19.7 Å². The van der Waals surface area contributed by atoms with E-state index in [1.54, 1.807) is 6.07 Å². The number of aromatic nitrogens is 2. The lowest BCUT2D eigenvalue weighted by atomic mass is 9.81. The van der Waals surface area contributed by atoms with Gasteiger partial charge in [-0.05, 0) is 42.3 Å². The van der Waals surface area contributed by atoms with Crippen LogP contribution in [0.3, 0.4) is 0 Å².